The average molecular weight is 592 g/mol. The Morgan fingerprint density at radius 2 is 1.39 bits per heavy atom. The molecule has 0 saturated carbocycles. The third kappa shape index (κ3) is 9.06. The molecule has 5 heteroatoms. The number of piperidine rings is 1. The quantitative estimate of drug-likeness (QED) is 0.149. The highest BCUT2D eigenvalue weighted by Gasteiger charge is 2.21. The number of likely N-dealkylation sites (tertiary alicyclic amines) is 2. The fraction of sp³-hybridized carbons (Fsp3) is 0.462. The Morgan fingerprint density at radius 1 is 0.659 bits per heavy atom. The van der Waals surface area contributed by atoms with Gasteiger partial charge in [0.2, 0.25) is 0 Å². The lowest BCUT2D eigenvalue weighted by molar-refractivity contribution is 0.102. The van der Waals surface area contributed by atoms with Gasteiger partial charge in [0.05, 0.1) is 6.61 Å². The van der Waals surface area contributed by atoms with Gasteiger partial charge in [-0.25, -0.2) is 0 Å². The largest absolute Gasteiger partial charge is 0.494 e. The van der Waals surface area contributed by atoms with Crippen LogP contribution in [0.4, 0.5) is 0 Å². The fourth-order valence-electron chi connectivity index (χ4n) is 6.69. The van der Waals surface area contributed by atoms with E-state index in [0.29, 0.717) is 0 Å². The first-order valence-corrected chi connectivity index (χ1v) is 17.0. The number of benzene rings is 3. The molecule has 0 radical (unpaired) electrons. The van der Waals surface area contributed by atoms with E-state index in [2.05, 4.69) is 87.6 Å². The Hall–Kier alpha value is -3.41. The van der Waals surface area contributed by atoms with Crippen molar-refractivity contribution in [3.05, 3.63) is 102 Å². The van der Waals surface area contributed by atoms with E-state index in [1.54, 1.807) is 0 Å². The second-order valence-corrected chi connectivity index (χ2v) is 12.7. The van der Waals surface area contributed by atoms with Crippen LogP contribution in [0.2, 0.25) is 0 Å². The smallest absolute Gasteiger partial charge is 0.146 e. The molecule has 2 aliphatic heterocycles. The molecule has 0 unspecified atom stereocenters. The number of rotatable bonds is 13. The maximum absolute atomic E-state index is 6.66. The van der Waals surface area contributed by atoms with Gasteiger partial charge >= 0.3 is 0 Å². The van der Waals surface area contributed by atoms with Crippen LogP contribution in [0, 0.1) is 0 Å². The molecule has 0 bridgehead atoms. The zero-order chi connectivity index (χ0) is 29.8. The van der Waals surface area contributed by atoms with Gasteiger partial charge in [-0.3, -0.25) is 4.98 Å². The maximum atomic E-state index is 6.66. The summed E-state index contributed by atoms with van der Waals surface area (Å²) in [5.41, 5.74) is 5.03. The van der Waals surface area contributed by atoms with Crippen molar-refractivity contribution in [2.24, 2.45) is 0 Å². The minimum absolute atomic E-state index is 0.233. The average Bonchev–Trinajstić information content (AvgIpc) is 3.35. The molecule has 3 aromatic carbocycles. The second kappa shape index (κ2) is 16.1. The normalized spacial score (nSPS) is 17.0. The zero-order valence-corrected chi connectivity index (χ0v) is 26.3. The summed E-state index contributed by atoms with van der Waals surface area (Å²) < 4.78 is 12.7. The molecule has 2 saturated heterocycles. The molecular formula is C39H49N3O2. The Morgan fingerprint density at radius 3 is 2.18 bits per heavy atom. The molecule has 44 heavy (non-hydrogen) atoms. The first-order valence-electron chi connectivity index (χ1n) is 17.0. The Balaban J connectivity index is 0.932. The topological polar surface area (TPSA) is 37.8 Å². The summed E-state index contributed by atoms with van der Waals surface area (Å²) in [5, 5.41) is 1.16. The van der Waals surface area contributed by atoms with Gasteiger partial charge in [0.15, 0.2) is 0 Å². The van der Waals surface area contributed by atoms with Gasteiger partial charge in [0.1, 0.15) is 23.1 Å². The van der Waals surface area contributed by atoms with Crippen molar-refractivity contribution < 1.29 is 9.47 Å². The van der Waals surface area contributed by atoms with E-state index in [4.69, 9.17) is 9.47 Å². The highest BCUT2D eigenvalue weighted by molar-refractivity contribution is 5.85. The first-order chi connectivity index (χ1) is 21.8. The standard InChI is InChI=1S/C39H49N3O2/c1-2-7-24-41(23-6-1)25-9-29-43-36-17-15-33(16-18-36)19-26-42-27-20-37(21-28-42)44-38-31-34(14-13-32-10-4-3-5-11-32)30-35-12-8-22-40-39(35)38/h3-5,8,10-12,15-18,22,30-31,37H,1-2,6-7,9,13-14,19-21,23-29H2. The summed E-state index contributed by atoms with van der Waals surface area (Å²) in [6.07, 6.45) is 13.9. The SMILES string of the molecule is c1ccc(CCc2cc(OC3CCN(CCc4ccc(OCCCN5CCCCCC5)cc4)CC3)c3ncccc3c2)cc1. The van der Waals surface area contributed by atoms with E-state index >= 15 is 0 Å². The first kappa shape index (κ1) is 30.6. The molecule has 0 N–H and O–H groups in total. The predicted molar refractivity (Wildman–Crippen MR) is 181 cm³/mol. The van der Waals surface area contributed by atoms with E-state index in [-0.39, 0.29) is 6.10 Å². The number of pyridine rings is 1. The predicted octanol–water partition coefficient (Wildman–Crippen LogP) is 7.75. The van der Waals surface area contributed by atoms with Gasteiger partial charge in [-0.15, -0.1) is 0 Å². The van der Waals surface area contributed by atoms with Crippen LogP contribution in [-0.4, -0.2) is 66.8 Å². The molecule has 3 heterocycles. The third-order valence-corrected chi connectivity index (χ3v) is 9.33. The van der Waals surface area contributed by atoms with Crippen LogP contribution in [-0.2, 0) is 19.3 Å². The summed E-state index contributed by atoms with van der Waals surface area (Å²) in [5.74, 6) is 1.93. The molecule has 2 fully saturated rings. The molecule has 0 aliphatic carbocycles. The van der Waals surface area contributed by atoms with Crippen molar-refractivity contribution in [3.63, 3.8) is 0 Å². The summed E-state index contributed by atoms with van der Waals surface area (Å²) in [7, 11) is 0. The number of fused-ring (bicyclic) bond motifs is 1. The number of ether oxygens (including phenoxy) is 2. The molecule has 1 aromatic heterocycles. The lowest BCUT2D eigenvalue weighted by Gasteiger charge is -2.32. The fourth-order valence-corrected chi connectivity index (χ4v) is 6.69. The highest BCUT2D eigenvalue weighted by Crippen LogP contribution is 2.29. The number of aromatic nitrogens is 1. The van der Waals surface area contributed by atoms with Crippen molar-refractivity contribution in [3.8, 4) is 11.5 Å². The molecule has 0 amide bonds. The van der Waals surface area contributed by atoms with Crippen molar-refractivity contribution in [1.82, 2.24) is 14.8 Å². The van der Waals surface area contributed by atoms with Gasteiger partial charge in [-0.2, -0.15) is 0 Å². The Kier molecular flexibility index (Phi) is 11.2. The van der Waals surface area contributed by atoms with E-state index in [1.165, 1.54) is 55.5 Å². The van der Waals surface area contributed by atoms with Crippen LogP contribution < -0.4 is 9.47 Å². The van der Waals surface area contributed by atoms with E-state index < -0.39 is 0 Å². The van der Waals surface area contributed by atoms with Gasteiger partial charge < -0.3 is 19.3 Å². The number of hydrogen-bond acceptors (Lipinski definition) is 5. The minimum Gasteiger partial charge on any atom is -0.494 e. The molecule has 232 valence electrons. The number of nitrogens with zero attached hydrogens (tertiary/aromatic N) is 3. The zero-order valence-electron chi connectivity index (χ0n) is 26.3. The summed E-state index contributed by atoms with van der Waals surface area (Å²) in [6.45, 7) is 7.71. The van der Waals surface area contributed by atoms with E-state index in [9.17, 15) is 0 Å². The molecular weight excluding hydrogens is 542 g/mol. The highest BCUT2D eigenvalue weighted by atomic mass is 16.5. The van der Waals surface area contributed by atoms with Crippen LogP contribution >= 0.6 is 0 Å². The third-order valence-electron chi connectivity index (χ3n) is 9.33. The van der Waals surface area contributed by atoms with Crippen molar-refractivity contribution in [2.75, 3.05) is 45.9 Å². The van der Waals surface area contributed by atoms with Gasteiger partial charge in [0.25, 0.3) is 0 Å². The monoisotopic (exact) mass is 591 g/mol. The van der Waals surface area contributed by atoms with Gasteiger partial charge in [0, 0.05) is 37.8 Å². The lowest BCUT2D eigenvalue weighted by atomic mass is 10.0. The summed E-state index contributed by atoms with van der Waals surface area (Å²) in [4.78, 5) is 9.88. The Bertz CT molecular complexity index is 1410. The minimum atomic E-state index is 0.233. The van der Waals surface area contributed by atoms with Crippen LogP contribution in [0.25, 0.3) is 10.9 Å². The van der Waals surface area contributed by atoms with Gasteiger partial charge in [-0.05, 0) is 111 Å². The second-order valence-electron chi connectivity index (χ2n) is 12.7. The van der Waals surface area contributed by atoms with Crippen molar-refractivity contribution in [1.29, 1.82) is 0 Å². The van der Waals surface area contributed by atoms with Crippen LogP contribution in [0.3, 0.4) is 0 Å². The number of hydrogen-bond donors (Lipinski definition) is 0. The van der Waals surface area contributed by atoms with Crippen LogP contribution in [0.5, 0.6) is 11.5 Å². The summed E-state index contributed by atoms with van der Waals surface area (Å²) in [6, 6.07) is 28.2. The molecule has 0 spiro atoms. The van der Waals surface area contributed by atoms with E-state index in [0.717, 1.165) is 93.7 Å². The molecule has 5 nitrogen and oxygen atoms in total. The van der Waals surface area contributed by atoms with Gasteiger partial charge in [-0.1, -0.05) is 61.4 Å². The summed E-state index contributed by atoms with van der Waals surface area (Å²) >= 11 is 0. The van der Waals surface area contributed by atoms with Crippen molar-refractivity contribution >= 4 is 10.9 Å². The lowest BCUT2D eigenvalue weighted by Crippen LogP contribution is -2.39. The van der Waals surface area contributed by atoms with Crippen LogP contribution in [0.15, 0.2) is 85.1 Å². The Labute approximate surface area is 264 Å². The molecule has 4 aromatic rings. The van der Waals surface area contributed by atoms with Crippen LogP contribution in [0.1, 0.15) is 61.6 Å². The maximum Gasteiger partial charge on any atom is 0.146 e. The molecule has 0 atom stereocenters. The molecule has 6 rings (SSSR count). The van der Waals surface area contributed by atoms with E-state index in [1.807, 2.05) is 12.3 Å². The molecule has 2 aliphatic rings. The van der Waals surface area contributed by atoms with Crippen molar-refractivity contribution in [2.45, 2.75) is 70.3 Å². The number of aryl methyl sites for hydroxylation is 2.